The fourth-order valence-electron chi connectivity index (χ4n) is 3.00. The Labute approximate surface area is 210 Å². The Morgan fingerprint density at radius 2 is 1.63 bits per heavy atom. The number of ketones is 1. The average Bonchev–Trinajstić information content (AvgIpc) is 2.82. The van der Waals surface area contributed by atoms with E-state index in [0.29, 0.717) is 29.4 Å². The van der Waals surface area contributed by atoms with E-state index in [2.05, 4.69) is 19.2 Å². The second kappa shape index (κ2) is 17.5. The number of nitro groups is 1. The molecule has 0 aliphatic heterocycles. The van der Waals surface area contributed by atoms with E-state index in [9.17, 15) is 14.9 Å². The topological polar surface area (TPSA) is 99.9 Å². The van der Waals surface area contributed by atoms with Gasteiger partial charge in [0.15, 0.2) is 23.4 Å². The minimum Gasteiger partial charge on any atom is -0.479 e. The number of carbonyl (C=O) groups excluding carboxylic acids is 1. The number of Topliss-reactive ketones (excluding diaryl/α,β-unsaturated/α-hetero) is 1. The number of non-ortho nitro benzene ring substituents is 1. The van der Waals surface area contributed by atoms with Crippen LogP contribution in [-0.2, 0) is 9.53 Å². The van der Waals surface area contributed by atoms with Crippen molar-refractivity contribution in [3.8, 4) is 17.2 Å². The summed E-state index contributed by atoms with van der Waals surface area (Å²) >= 11 is 0. The summed E-state index contributed by atoms with van der Waals surface area (Å²) < 4.78 is 16.7. The molecule has 0 fully saturated rings. The number of aryl methyl sites for hydroxylation is 1. The zero-order chi connectivity index (χ0) is 27.0. The molecule has 2 aromatic carbocycles. The number of nitrogens with one attached hydrogen (secondary N) is 1. The highest BCUT2D eigenvalue weighted by atomic mass is 16.6. The molecule has 8 nitrogen and oxygen atoms in total. The minimum atomic E-state index is -0.669. The van der Waals surface area contributed by atoms with Gasteiger partial charge in [0.2, 0.25) is 0 Å². The fourth-order valence-corrected chi connectivity index (χ4v) is 3.00. The van der Waals surface area contributed by atoms with Crippen LogP contribution < -0.4 is 14.8 Å². The van der Waals surface area contributed by atoms with E-state index in [1.165, 1.54) is 12.1 Å². The van der Waals surface area contributed by atoms with E-state index in [1.54, 1.807) is 58.2 Å². The third-order valence-corrected chi connectivity index (χ3v) is 4.66. The molecule has 0 aliphatic rings. The van der Waals surface area contributed by atoms with Crippen molar-refractivity contribution in [2.24, 2.45) is 11.8 Å². The zero-order valence-electron chi connectivity index (χ0n) is 22.6. The summed E-state index contributed by atoms with van der Waals surface area (Å²) in [6.07, 6.45) is -0.669. The predicted molar refractivity (Wildman–Crippen MR) is 141 cm³/mol. The van der Waals surface area contributed by atoms with Gasteiger partial charge in [-0.2, -0.15) is 0 Å². The van der Waals surface area contributed by atoms with Crippen molar-refractivity contribution in [3.63, 3.8) is 0 Å². The van der Waals surface area contributed by atoms with Crippen LogP contribution in [0.1, 0.15) is 47.1 Å². The Morgan fingerprint density at radius 1 is 1.03 bits per heavy atom. The predicted octanol–water partition coefficient (Wildman–Crippen LogP) is 6.20. The van der Waals surface area contributed by atoms with Crippen LogP contribution in [0.5, 0.6) is 17.2 Å². The van der Waals surface area contributed by atoms with Crippen LogP contribution in [0.3, 0.4) is 0 Å². The maximum absolute atomic E-state index is 12.4. The highest BCUT2D eigenvalue weighted by Gasteiger charge is 2.23. The van der Waals surface area contributed by atoms with Gasteiger partial charge in [-0.3, -0.25) is 14.9 Å². The molecule has 2 unspecified atom stereocenters. The van der Waals surface area contributed by atoms with Gasteiger partial charge in [-0.25, -0.2) is 0 Å². The van der Waals surface area contributed by atoms with E-state index in [0.717, 1.165) is 12.5 Å². The van der Waals surface area contributed by atoms with Gasteiger partial charge in [-0.1, -0.05) is 46.8 Å². The minimum absolute atomic E-state index is 0.00395. The van der Waals surface area contributed by atoms with Gasteiger partial charge in [-0.15, -0.1) is 0 Å². The number of benzene rings is 2. The molecule has 0 bridgehead atoms. The van der Waals surface area contributed by atoms with E-state index < -0.39 is 11.0 Å². The summed E-state index contributed by atoms with van der Waals surface area (Å²) in [5.74, 6) is 1.75. The first-order valence-corrected chi connectivity index (χ1v) is 12.0. The third kappa shape index (κ3) is 11.8. The summed E-state index contributed by atoms with van der Waals surface area (Å²) in [7, 11) is 3.52. The summed E-state index contributed by atoms with van der Waals surface area (Å²) in [6, 6.07) is 11.3. The molecule has 0 aromatic heterocycles. The number of hydrogen-bond acceptors (Lipinski definition) is 7. The first-order chi connectivity index (χ1) is 16.6. The van der Waals surface area contributed by atoms with Crippen molar-refractivity contribution in [2.75, 3.05) is 27.3 Å². The molecule has 0 radical (unpaired) electrons. The molecule has 0 saturated carbocycles. The molecule has 196 valence electrons. The number of nitro benzene ring substituents is 1. The third-order valence-electron chi connectivity index (χ3n) is 4.66. The second-order valence-electron chi connectivity index (χ2n) is 8.23. The largest absolute Gasteiger partial charge is 0.479 e. The molecular formula is C27H42N2O6. The Balaban J connectivity index is 0.00000126. The van der Waals surface area contributed by atoms with Crippen LogP contribution >= 0.6 is 0 Å². The van der Waals surface area contributed by atoms with Crippen molar-refractivity contribution in [2.45, 2.75) is 54.6 Å². The molecular weight excluding hydrogens is 448 g/mol. The van der Waals surface area contributed by atoms with Crippen LogP contribution in [0, 0.1) is 28.9 Å². The number of rotatable bonds is 11. The van der Waals surface area contributed by atoms with Crippen LogP contribution in [0.4, 0.5) is 5.69 Å². The van der Waals surface area contributed by atoms with E-state index in [4.69, 9.17) is 14.2 Å². The Hall–Kier alpha value is -2.97. The van der Waals surface area contributed by atoms with Gasteiger partial charge >= 0.3 is 0 Å². The summed E-state index contributed by atoms with van der Waals surface area (Å²) in [5, 5.41) is 13.9. The number of para-hydroxylation sites is 2. The van der Waals surface area contributed by atoms with Crippen LogP contribution in [-0.4, -0.2) is 44.1 Å². The number of methoxy groups -OCH3 is 1. The van der Waals surface area contributed by atoms with Crippen LogP contribution in [0.2, 0.25) is 0 Å². The molecule has 0 heterocycles. The molecule has 2 rings (SSSR count). The van der Waals surface area contributed by atoms with E-state index in [-0.39, 0.29) is 17.4 Å². The van der Waals surface area contributed by atoms with Gasteiger partial charge in [0.1, 0.15) is 5.75 Å². The molecule has 1 N–H and O–H groups in total. The zero-order valence-corrected chi connectivity index (χ0v) is 22.6. The normalized spacial score (nSPS) is 11.8. The van der Waals surface area contributed by atoms with Gasteiger partial charge in [0.05, 0.1) is 11.5 Å². The Bertz CT molecular complexity index is 901. The average molecular weight is 491 g/mol. The smallest absolute Gasteiger partial charge is 0.269 e. The van der Waals surface area contributed by atoms with E-state index >= 15 is 0 Å². The van der Waals surface area contributed by atoms with Crippen molar-refractivity contribution < 1.29 is 23.9 Å². The van der Waals surface area contributed by atoms with Gasteiger partial charge in [0.25, 0.3) is 5.69 Å². The maximum atomic E-state index is 12.4. The highest BCUT2D eigenvalue weighted by Crippen LogP contribution is 2.34. The van der Waals surface area contributed by atoms with Crippen molar-refractivity contribution in [1.29, 1.82) is 0 Å². The lowest BCUT2D eigenvalue weighted by Crippen LogP contribution is -2.31. The molecule has 8 heteroatoms. The lowest BCUT2D eigenvalue weighted by Gasteiger charge is -2.19. The van der Waals surface area contributed by atoms with Crippen molar-refractivity contribution >= 4 is 11.5 Å². The molecule has 0 spiro atoms. The number of nitrogens with zero attached hydrogens (tertiary/aromatic N) is 1. The van der Waals surface area contributed by atoms with Crippen LogP contribution in [0.15, 0.2) is 42.5 Å². The lowest BCUT2D eigenvalue weighted by molar-refractivity contribution is -0.384. The molecule has 0 saturated heterocycles. The molecule has 0 aliphatic carbocycles. The molecule has 2 atom stereocenters. The summed E-state index contributed by atoms with van der Waals surface area (Å²) in [5.41, 5.74) is 0.618. The standard InChI is InChI=1S/C20H23NO6.C5H13N.C2H6/c1-13-11-16(21(23)24)9-10-17(13)27-19-8-6-5-7-18(19)26-15(3)20(22)14(2)12-25-4;1-5(2)4-6-3;1-2/h5-11,14-15H,12H2,1-4H3;5-6H,4H2,1-3H3;1-2H3. The van der Waals surface area contributed by atoms with Crippen molar-refractivity contribution in [3.05, 3.63) is 58.1 Å². The van der Waals surface area contributed by atoms with Gasteiger partial charge in [0, 0.05) is 25.2 Å². The maximum Gasteiger partial charge on any atom is 0.269 e. The lowest BCUT2D eigenvalue weighted by atomic mass is 10.0. The quantitative estimate of drug-likeness (QED) is 0.295. The molecule has 35 heavy (non-hydrogen) atoms. The van der Waals surface area contributed by atoms with Crippen molar-refractivity contribution in [1.82, 2.24) is 5.32 Å². The molecule has 0 amide bonds. The number of ether oxygens (including phenoxy) is 3. The molecule has 2 aromatic rings. The Kier molecular flexibility index (Phi) is 16.0. The van der Waals surface area contributed by atoms with Gasteiger partial charge in [-0.05, 0) is 57.1 Å². The van der Waals surface area contributed by atoms with Crippen LogP contribution in [0.25, 0.3) is 0 Å². The summed E-state index contributed by atoms with van der Waals surface area (Å²) in [4.78, 5) is 22.8. The van der Waals surface area contributed by atoms with E-state index in [1.807, 2.05) is 20.9 Å². The number of carbonyl (C=O) groups is 1. The second-order valence-corrected chi connectivity index (χ2v) is 8.23. The first-order valence-electron chi connectivity index (χ1n) is 12.0. The first kappa shape index (κ1) is 32.0. The monoisotopic (exact) mass is 490 g/mol. The highest BCUT2D eigenvalue weighted by molar-refractivity contribution is 5.85. The SMILES string of the molecule is CC.CNCC(C)C.COCC(C)C(=O)C(C)Oc1ccccc1Oc1ccc([N+](=O)[O-])cc1C. The van der Waals surface area contributed by atoms with Gasteiger partial charge < -0.3 is 19.5 Å². The Morgan fingerprint density at radius 3 is 2.09 bits per heavy atom. The number of hydrogen-bond donors (Lipinski definition) is 1. The summed E-state index contributed by atoms with van der Waals surface area (Å²) in [6.45, 7) is 15.0. The fraction of sp³-hybridized carbons (Fsp3) is 0.519.